The van der Waals surface area contributed by atoms with E-state index in [0.717, 1.165) is 5.56 Å². The zero-order valence-electron chi connectivity index (χ0n) is 13.3. The Morgan fingerprint density at radius 1 is 1.17 bits per heavy atom. The van der Waals surface area contributed by atoms with Gasteiger partial charge in [-0.2, -0.15) is 0 Å². The predicted molar refractivity (Wildman–Crippen MR) is 83.4 cm³/mol. The van der Waals surface area contributed by atoms with E-state index in [9.17, 15) is 4.79 Å². The van der Waals surface area contributed by atoms with Crippen molar-refractivity contribution >= 4 is 17.4 Å². The largest absolute Gasteiger partial charge is 0.352 e. The van der Waals surface area contributed by atoms with E-state index >= 15 is 0 Å². The summed E-state index contributed by atoms with van der Waals surface area (Å²) in [4.78, 5) is 12.8. The number of Topliss-reactive ketones (excluding diaryl/α,β-unsaturated/α-hetero) is 1. The van der Waals surface area contributed by atoms with Crippen LogP contribution in [-0.4, -0.2) is 48.1 Å². The van der Waals surface area contributed by atoms with E-state index in [-0.39, 0.29) is 16.9 Å². The van der Waals surface area contributed by atoms with Crippen LogP contribution in [0.4, 0.5) is 0 Å². The van der Waals surface area contributed by atoms with Crippen molar-refractivity contribution in [3.05, 3.63) is 46.7 Å². The van der Waals surface area contributed by atoms with Gasteiger partial charge in [-0.15, -0.1) is 5.10 Å². The molecule has 1 aromatic heterocycles. The van der Waals surface area contributed by atoms with Gasteiger partial charge in [0.05, 0.1) is 6.04 Å². The molecule has 0 aliphatic rings. The number of aromatic nitrogens is 3. The minimum absolute atomic E-state index is 0.0479. The van der Waals surface area contributed by atoms with Gasteiger partial charge in [-0.1, -0.05) is 47.1 Å². The summed E-state index contributed by atoms with van der Waals surface area (Å²) >= 11 is 6.07. The van der Waals surface area contributed by atoms with Gasteiger partial charge in [0.15, 0.2) is 10.8 Å². The maximum absolute atomic E-state index is 12.8. The fourth-order valence-electron chi connectivity index (χ4n) is 2.29. The van der Waals surface area contributed by atoms with Crippen molar-refractivity contribution in [3.8, 4) is 0 Å². The second-order valence-corrected chi connectivity index (χ2v) is 5.12. The molecule has 0 spiro atoms. The molecular weight excluding hydrogens is 322 g/mol. The van der Waals surface area contributed by atoms with Crippen molar-refractivity contribution in [1.82, 2.24) is 15.0 Å². The topological polar surface area (TPSA) is 75.5 Å². The molecule has 124 valence electrons. The molecule has 2 rings (SSSR count). The Kier molecular flexibility index (Phi) is 5.48. The Labute approximate surface area is 139 Å². The van der Waals surface area contributed by atoms with Gasteiger partial charge in [0, 0.05) is 21.3 Å². The first-order chi connectivity index (χ1) is 11.0. The van der Waals surface area contributed by atoms with Crippen LogP contribution >= 0.6 is 11.6 Å². The summed E-state index contributed by atoms with van der Waals surface area (Å²) in [7, 11) is 3.90. The smallest absolute Gasteiger partial charge is 0.324 e. The van der Waals surface area contributed by atoms with Crippen LogP contribution in [0.1, 0.15) is 29.0 Å². The highest BCUT2D eigenvalue weighted by molar-refractivity contribution is 6.32. The van der Waals surface area contributed by atoms with E-state index < -0.39 is 11.8 Å². The molecule has 0 fully saturated rings. The number of rotatable bonds is 7. The summed E-state index contributed by atoms with van der Waals surface area (Å²) in [5.41, 5.74) is 0.995. The van der Waals surface area contributed by atoms with Crippen molar-refractivity contribution in [3.63, 3.8) is 0 Å². The standard InChI is InChI=1S/C15H18ClN3O4/c1-10(11-8-6-5-7-9-11)19-12(14(16)17-18-19)13(20)15(21-2,22-3)23-4/h5-10H,1-4H3/t10-/m1/s1. The molecule has 8 heteroatoms. The maximum atomic E-state index is 12.8. The number of halogens is 1. The van der Waals surface area contributed by atoms with Crippen LogP contribution in [0.25, 0.3) is 0 Å². The number of carbonyl (C=O) groups excluding carboxylic acids is 1. The fraction of sp³-hybridized carbons (Fsp3) is 0.400. The lowest BCUT2D eigenvalue weighted by molar-refractivity contribution is -0.312. The van der Waals surface area contributed by atoms with Gasteiger partial charge in [-0.25, -0.2) is 4.68 Å². The van der Waals surface area contributed by atoms with Crippen molar-refractivity contribution < 1.29 is 19.0 Å². The highest BCUT2D eigenvalue weighted by Gasteiger charge is 2.44. The van der Waals surface area contributed by atoms with Crippen molar-refractivity contribution in [2.75, 3.05) is 21.3 Å². The number of hydrogen-bond donors (Lipinski definition) is 0. The summed E-state index contributed by atoms with van der Waals surface area (Å²) in [6.07, 6.45) is 0. The third kappa shape index (κ3) is 3.13. The van der Waals surface area contributed by atoms with E-state index in [4.69, 9.17) is 25.8 Å². The molecule has 0 radical (unpaired) electrons. The van der Waals surface area contributed by atoms with Gasteiger partial charge in [-0.05, 0) is 12.5 Å². The van der Waals surface area contributed by atoms with Crippen LogP contribution in [0.3, 0.4) is 0 Å². The van der Waals surface area contributed by atoms with Crippen molar-refractivity contribution in [2.45, 2.75) is 18.9 Å². The molecule has 1 heterocycles. The molecule has 1 aromatic carbocycles. The van der Waals surface area contributed by atoms with Crippen LogP contribution in [0, 0.1) is 0 Å². The molecule has 0 amide bonds. The van der Waals surface area contributed by atoms with Gasteiger partial charge in [0.2, 0.25) is 0 Å². The number of ether oxygens (including phenoxy) is 3. The van der Waals surface area contributed by atoms with E-state index in [1.807, 2.05) is 37.3 Å². The summed E-state index contributed by atoms with van der Waals surface area (Å²) < 4.78 is 16.7. The minimum Gasteiger partial charge on any atom is -0.324 e. The number of methoxy groups -OCH3 is 3. The fourth-order valence-corrected chi connectivity index (χ4v) is 2.49. The highest BCUT2D eigenvalue weighted by Crippen LogP contribution is 2.27. The van der Waals surface area contributed by atoms with Gasteiger partial charge in [0.25, 0.3) is 5.78 Å². The Morgan fingerprint density at radius 2 is 1.74 bits per heavy atom. The molecule has 1 atom stereocenters. The second kappa shape index (κ2) is 7.18. The molecule has 0 saturated heterocycles. The van der Waals surface area contributed by atoms with Crippen LogP contribution in [-0.2, 0) is 14.2 Å². The third-order valence-electron chi connectivity index (χ3n) is 3.60. The summed E-state index contributed by atoms with van der Waals surface area (Å²) in [6.45, 7) is 1.88. The highest BCUT2D eigenvalue weighted by atomic mass is 35.5. The average Bonchev–Trinajstić information content (AvgIpc) is 2.98. The van der Waals surface area contributed by atoms with E-state index in [2.05, 4.69) is 10.3 Å². The molecule has 7 nitrogen and oxygen atoms in total. The van der Waals surface area contributed by atoms with Gasteiger partial charge in [0.1, 0.15) is 0 Å². The molecule has 23 heavy (non-hydrogen) atoms. The van der Waals surface area contributed by atoms with Crippen molar-refractivity contribution in [1.29, 1.82) is 0 Å². The quantitative estimate of drug-likeness (QED) is 0.569. The average molecular weight is 340 g/mol. The number of benzene rings is 1. The normalized spacial score (nSPS) is 13.1. The zero-order chi connectivity index (χ0) is 17.0. The first-order valence-corrected chi connectivity index (χ1v) is 7.24. The summed E-state index contributed by atoms with van der Waals surface area (Å²) in [5, 5.41) is 7.72. The summed E-state index contributed by atoms with van der Waals surface area (Å²) in [6, 6.07) is 9.28. The maximum Gasteiger partial charge on any atom is 0.352 e. The molecule has 0 aliphatic heterocycles. The molecule has 0 bridgehead atoms. The Balaban J connectivity index is 2.49. The molecule has 0 unspecified atom stereocenters. The lowest BCUT2D eigenvalue weighted by atomic mass is 10.1. The Bertz CT molecular complexity index is 662. The molecule has 2 aromatic rings. The van der Waals surface area contributed by atoms with E-state index in [1.54, 1.807) is 0 Å². The van der Waals surface area contributed by atoms with Crippen LogP contribution < -0.4 is 0 Å². The lowest BCUT2D eigenvalue weighted by Crippen LogP contribution is -2.45. The van der Waals surface area contributed by atoms with Crippen LogP contribution in [0.2, 0.25) is 5.15 Å². The minimum atomic E-state index is -1.90. The number of ketones is 1. The SMILES string of the molecule is COC(OC)(OC)C(=O)c1c(Cl)nnn1[C@H](C)c1ccccc1. The predicted octanol–water partition coefficient (Wildman–Crippen LogP) is 2.32. The summed E-state index contributed by atoms with van der Waals surface area (Å²) in [5.74, 6) is -2.53. The van der Waals surface area contributed by atoms with Gasteiger partial charge < -0.3 is 14.2 Å². The first kappa shape index (κ1) is 17.6. The second-order valence-electron chi connectivity index (χ2n) is 4.76. The molecule has 0 saturated carbocycles. The van der Waals surface area contributed by atoms with Crippen LogP contribution in [0.15, 0.2) is 30.3 Å². The monoisotopic (exact) mass is 339 g/mol. The Hall–Kier alpha value is -1.80. The number of hydrogen-bond acceptors (Lipinski definition) is 6. The zero-order valence-corrected chi connectivity index (χ0v) is 14.1. The molecule has 0 aliphatic carbocycles. The van der Waals surface area contributed by atoms with Crippen LogP contribution in [0.5, 0.6) is 0 Å². The molecular formula is C15H18ClN3O4. The molecule has 0 N–H and O–H groups in total. The van der Waals surface area contributed by atoms with E-state index in [0.29, 0.717) is 0 Å². The van der Waals surface area contributed by atoms with Gasteiger partial charge in [-0.3, -0.25) is 4.79 Å². The van der Waals surface area contributed by atoms with Gasteiger partial charge >= 0.3 is 5.97 Å². The van der Waals surface area contributed by atoms with E-state index in [1.165, 1.54) is 26.0 Å². The number of nitrogens with zero attached hydrogens (tertiary/aromatic N) is 3. The number of carbonyl (C=O) groups is 1. The third-order valence-corrected chi connectivity index (χ3v) is 3.86. The first-order valence-electron chi connectivity index (χ1n) is 6.86. The van der Waals surface area contributed by atoms with Crippen molar-refractivity contribution in [2.24, 2.45) is 0 Å². The Morgan fingerprint density at radius 3 is 2.26 bits per heavy atom. The lowest BCUT2D eigenvalue weighted by Gasteiger charge is -2.27.